The molecule has 2 N–H and O–H groups in total. The van der Waals surface area contributed by atoms with Crippen molar-refractivity contribution < 1.29 is 0 Å². The van der Waals surface area contributed by atoms with E-state index in [4.69, 9.17) is 5.73 Å². The van der Waals surface area contributed by atoms with Crippen LogP contribution in [0.1, 0.15) is 39.0 Å². The Hall–Kier alpha value is -0.630. The summed E-state index contributed by atoms with van der Waals surface area (Å²) in [6, 6.07) is 8.15. The number of unbranched alkanes of at least 4 members (excludes halogenated alkanes) is 4. The highest BCUT2D eigenvalue weighted by atomic mass is 32.2. The van der Waals surface area contributed by atoms with Crippen LogP contribution in [-0.4, -0.2) is 5.75 Å². The summed E-state index contributed by atoms with van der Waals surface area (Å²) in [6.45, 7) is 2.25. The molecule has 15 heavy (non-hydrogen) atoms. The highest BCUT2D eigenvalue weighted by molar-refractivity contribution is 7.99. The summed E-state index contributed by atoms with van der Waals surface area (Å²) >= 11 is 1.93. The number of hydrogen-bond acceptors (Lipinski definition) is 2. The highest BCUT2D eigenvalue weighted by Crippen LogP contribution is 2.20. The fraction of sp³-hybridized carbons (Fsp3) is 0.538. The predicted octanol–water partition coefficient (Wildman–Crippen LogP) is 4.33. The van der Waals surface area contributed by atoms with Gasteiger partial charge in [-0.05, 0) is 36.4 Å². The number of thioether (sulfide) groups is 1. The smallest absolute Gasteiger partial charge is 0.0314 e. The first-order valence-corrected chi connectivity index (χ1v) is 6.80. The van der Waals surface area contributed by atoms with Crippen LogP contribution >= 0.6 is 11.8 Å². The van der Waals surface area contributed by atoms with Crippen LogP contribution in [0.5, 0.6) is 0 Å². The van der Waals surface area contributed by atoms with Crippen molar-refractivity contribution in [2.45, 2.75) is 43.9 Å². The van der Waals surface area contributed by atoms with Crippen molar-refractivity contribution in [3.8, 4) is 0 Å². The van der Waals surface area contributed by atoms with Crippen LogP contribution in [0.2, 0.25) is 0 Å². The van der Waals surface area contributed by atoms with Crippen molar-refractivity contribution in [3.05, 3.63) is 24.3 Å². The summed E-state index contributed by atoms with van der Waals surface area (Å²) in [5.74, 6) is 1.23. The van der Waals surface area contributed by atoms with Gasteiger partial charge in [-0.15, -0.1) is 11.8 Å². The van der Waals surface area contributed by atoms with Crippen molar-refractivity contribution in [2.24, 2.45) is 0 Å². The molecule has 0 aromatic heterocycles. The summed E-state index contributed by atoms with van der Waals surface area (Å²) in [5.41, 5.74) is 6.48. The zero-order valence-electron chi connectivity index (χ0n) is 9.54. The first-order chi connectivity index (χ1) is 7.33. The predicted molar refractivity (Wildman–Crippen MR) is 70.3 cm³/mol. The molecule has 0 saturated heterocycles. The van der Waals surface area contributed by atoms with Gasteiger partial charge in [0.15, 0.2) is 0 Å². The average molecular weight is 223 g/mol. The Morgan fingerprint density at radius 3 is 2.33 bits per heavy atom. The molecule has 0 fully saturated rings. The summed E-state index contributed by atoms with van der Waals surface area (Å²) in [7, 11) is 0. The van der Waals surface area contributed by atoms with E-state index in [0.29, 0.717) is 0 Å². The Morgan fingerprint density at radius 2 is 1.67 bits per heavy atom. The molecular formula is C13H21NS. The van der Waals surface area contributed by atoms with E-state index >= 15 is 0 Å². The molecule has 84 valence electrons. The molecule has 1 aromatic carbocycles. The lowest BCUT2D eigenvalue weighted by Crippen LogP contribution is -1.84. The third kappa shape index (κ3) is 5.73. The van der Waals surface area contributed by atoms with Crippen LogP contribution in [0.15, 0.2) is 29.2 Å². The van der Waals surface area contributed by atoms with Crippen molar-refractivity contribution >= 4 is 17.4 Å². The van der Waals surface area contributed by atoms with Crippen molar-refractivity contribution in [3.63, 3.8) is 0 Å². The van der Waals surface area contributed by atoms with Gasteiger partial charge in [0.25, 0.3) is 0 Å². The molecule has 0 atom stereocenters. The summed E-state index contributed by atoms with van der Waals surface area (Å²) in [6.07, 6.45) is 6.79. The zero-order valence-corrected chi connectivity index (χ0v) is 10.4. The fourth-order valence-corrected chi connectivity index (χ4v) is 2.37. The van der Waals surface area contributed by atoms with Gasteiger partial charge in [0.1, 0.15) is 0 Å². The molecule has 2 heteroatoms. The Morgan fingerprint density at radius 1 is 1.00 bits per heavy atom. The maximum absolute atomic E-state index is 5.63. The molecule has 1 nitrogen and oxygen atoms in total. The Balaban J connectivity index is 2.07. The molecular weight excluding hydrogens is 202 g/mol. The largest absolute Gasteiger partial charge is 0.399 e. The molecule has 0 bridgehead atoms. The number of anilines is 1. The lowest BCUT2D eigenvalue weighted by Gasteiger charge is -2.02. The van der Waals surface area contributed by atoms with Gasteiger partial charge in [-0.25, -0.2) is 0 Å². The van der Waals surface area contributed by atoms with E-state index in [0.717, 1.165) is 5.69 Å². The van der Waals surface area contributed by atoms with Crippen LogP contribution < -0.4 is 5.73 Å². The molecule has 0 aliphatic carbocycles. The Labute approximate surface area is 97.4 Å². The fourth-order valence-electron chi connectivity index (χ4n) is 1.46. The number of rotatable bonds is 7. The van der Waals surface area contributed by atoms with Gasteiger partial charge in [0.2, 0.25) is 0 Å². The van der Waals surface area contributed by atoms with E-state index in [1.54, 1.807) is 0 Å². The highest BCUT2D eigenvalue weighted by Gasteiger charge is 1.94. The van der Waals surface area contributed by atoms with Crippen molar-refractivity contribution in [2.75, 3.05) is 11.5 Å². The molecule has 0 amide bonds. The van der Waals surface area contributed by atoms with E-state index < -0.39 is 0 Å². The quantitative estimate of drug-likeness (QED) is 0.423. The maximum atomic E-state index is 5.63. The molecule has 0 aliphatic heterocycles. The van der Waals surface area contributed by atoms with E-state index in [1.807, 2.05) is 23.9 Å². The van der Waals surface area contributed by atoms with Gasteiger partial charge in [0.05, 0.1) is 0 Å². The number of benzene rings is 1. The van der Waals surface area contributed by atoms with E-state index in [-0.39, 0.29) is 0 Å². The minimum absolute atomic E-state index is 0.849. The van der Waals surface area contributed by atoms with E-state index in [9.17, 15) is 0 Å². The van der Waals surface area contributed by atoms with Crippen LogP contribution in [0.25, 0.3) is 0 Å². The minimum atomic E-state index is 0.849. The van der Waals surface area contributed by atoms with Crippen molar-refractivity contribution in [1.82, 2.24) is 0 Å². The van der Waals surface area contributed by atoms with Crippen LogP contribution in [-0.2, 0) is 0 Å². The normalized spacial score (nSPS) is 10.5. The van der Waals surface area contributed by atoms with Gasteiger partial charge in [-0.1, -0.05) is 32.6 Å². The van der Waals surface area contributed by atoms with E-state index in [2.05, 4.69) is 19.1 Å². The minimum Gasteiger partial charge on any atom is -0.399 e. The molecule has 0 saturated carbocycles. The average Bonchev–Trinajstić information content (AvgIpc) is 2.26. The maximum Gasteiger partial charge on any atom is 0.0314 e. The van der Waals surface area contributed by atoms with Gasteiger partial charge in [-0.3, -0.25) is 0 Å². The number of nitrogen functional groups attached to an aromatic ring is 1. The molecule has 0 spiro atoms. The lowest BCUT2D eigenvalue weighted by atomic mass is 10.2. The van der Waals surface area contributed by atoms with Gasteiger partial charge < -0.3 is 5.73 Å². The second-order valence-electron chi connectivity index (χ2n) is 3.83. The third-order valence-electron chi connectivity index (χ3n) is 2.40. The second-order valence-corrected chi connectivity index (χ2v) is 5.00. The number of hydrogen-bond donors (Lipinski definition) is 1. The summed E-state index contributed by atoms with van der Waals surface area (Å²) in [4.78, 5) is 1.33. The van der Waals surface area contributed by atoms with Crippen LogP contribution in [0.4, 0.5) is 5.69 Å². The van der Waals surface area contributed by atoms with Gasteiger partial charge in [0, 0.05) is 10.6 Å². The monoisotopic (exact) mass is 223 g/mol. The summed E-state index contributed by atoms with van der Waals surface area (Å²) < 4.78 is 0. The molecule has 1 rings (SSSR count). The van der Waals surface area contributed by atoms with Crippen LogP contribution in [0, 0.1) is 0 Å². The molecule has 0 aliphatic rings. The first kappa shape index (κ1) is 12.4. The van der Waals surface area contributed by atoms with Gasteiger partial charge >= 0.3 is 0 Å². The Bertz CT molecular complexity index is 256. The molecule has 1 aromatic rings. The molecule has 0 heterocycles. The van der Waals surface area contributed by atoms with Crippen molar-refractivity contribution in [1.29, 1.82) is 0 Å². The van der Waals surface area contributed by atoms with Gasteiger partial charge in [-0.2, -0.15) is 0 Å². The Kier molecular flexibility index (Phi) is 6.33. The zero-order chi connectivity index (χ0) is 10.9. The third-order valence-corrected chi connectivity index (χ3v) is 3.50. The van der Waals surface area contributed by atoms with Crippen LogP contribution in [0.3, 0.4) is 0 Å². The SMILES string of the molecule is CCCCCCCSc1ccc(N)cc1. The molecule has 0 unspecified atom stereocenters. The number of nitrogens with two attached hydrogens (primary N) is 1. The summed E-state index contributed by atoms with van der Waals surface area (Å²) in [5, 5.41) is 0. The topological polar surface area (TPSA) is 26.0 Å². The lowest BCUT2D eigenvalue weighted by molar-refractivity contribution is 0.659. The molecule has 0 radical (unpaired) electrons. The first-order valence-electron chi connectivity index (χ1n) is 5.81. The standard InChI is InChI=1S/C13H21NS/c1-2-3-4-5-6-11-15-13-9-7-12(14)8-10-13/h7-10H,2-6,11,14H2,1H3. The van der Waals surface area contributed by atoms with E-state index in [1.165, 1.54) is 42.8 Å². The second kappa shape index (κ2) is 7.63.